The largest absolute Gasteiger partial charge is 0.399 e. The molecule has 0 saturated carbocycles. The molecule has 3 rings (SSSR count). The zero-order valence-electron chi connectivity index (χ0n) is 11.2. The van der Waals surface area contributed by atoms with Gasteiger partial charge < -0.3 is 15.4 Å². The molecule has 0 unspecified atom stereocenters. The van der Waals surface area contributed by atoms with Gasteiger partial charge in [-0.2, -0.15) is 0 Å². The molecule has 1 aliphatic heterocycles. The number of rotatable bonds is 2. The van der Waals surface area contributed by atoms with E-state index in [-0.39, 0.29) is 0 Å². The summed E-state index contributed by atoms with van der Waals surface area (Å²) in [6.45, 7) is 3.22. The second-order valence-electron chi connectivity index (χ2n) is 4.70. The summed E-state index contributed by atoms with van der Waals surface area (Å²) in [5, 5.41) is 0. The molecule has 1 aromatic heterocycles. The minimum absolute atomic E-state index is 0.737. The topological polar surface area (TPSA) is 64.3 Å². The number of hydrogen-bond acceptors (Lipinski definition) is 5. The molecule has 0 spiro atoms. The summed E-state index contributed by atoms with van der Waals surface area (Å²) < 4.78 is 7.48. The average molecular weight is 508 g/mol. The Balaban J connectivity index is 2.02. The first-order chi connectivity index (χ1) is 10.1. The molecule has 1 aromatic carbocycles. The lowest BCUT2D eigenvalue weighted by molar-refractivity contribution is 0.122. The molecule has 0 aliphatic carbocycles. The van der Waals surface area contributed by atoms with Gasteiger partial charge >= 0.3 is 0 Å². The molecule has 2 aromatic rings. The van der Waals surface area contributed by atoms with Gasteiger partial charge in [-0.3, -0.25) is 0 Å². The molecule has 0 atom stereocenters. The van der Waals surface area contributed by atoms with Gasteiger partial charge in [0.2, 0.25) is 0 Å². The number of ether oxygens (including phenoxy) is 1. The Morgan fingerprint density at radius 1 is 1.05 bits per heavy atom. The monoisotopic (exact) mass is 508 g/mol. The van der Waals surface area contributed by atoms with Crippen molar-refractivity contribution in [1.29, 1.82) is 0 Å². The lowest BCUT2D eigenvalue weighted by Crippen LogP contribution is -2.37. The van der Waals surface area contributed by atoms with Crippen LogP contribution in [0.5, 0.6) is 0 Å². The van der Waals surface area contributed by atoms with Crippen LogP contribution >= 0.6 is 45.2 Å². The molecule has 7 heteroatoms. The van der Waals surface area contributed by atoms with Crippen LogP contribution in [-0.2, 0) is 4.74 Å². The van der Waals surface area contributed by atoms with Gasteiger partial charge in [0, 0.05) is 24.3 Å². The molecule has 2 N–H and O–H groups in total. The number of benzene rings is 1. The Bertz CT molecular complexity index is 642. The highest BCUT2D eigenvalue weighted by Gasteiger charge is 2.19. The Kier molecular flexibility index (Phi) is 4.79. The summed E-state index contributed by atoms with van der Waals surface area (Å²) in [6, 6.07) is 7.66. The normalized spacial score (nSPS) is 15.2. The number of halogens is 2. The van der Waals surface area contributed by atoms with Gasteiger partial charge in [-0.05, 0) is 69.4 Å². The summed E-state index contributed by atoms with van der Waals surface area (Å²) in [5.74, 6) is 1.73. The fourth-order valence-electron chi connectivity index (χ4n) is 2.15. The van der Waals surface area contributed by atoms with Crippen LogP contribution in [0.2, 0.25) is 0 Å². The van der Waals surface area contributed by atoms with Crippen LogP contribution in [-0.4, -0.2) is 36.3 Å². The summed E-state index contributed by atoms with van der Waals surface area (Å²) in [5.41, 5.74) is 7.46. The van der Waals surface area contributed by atoms with E-state index < -0.39 is 0 Å². The number of nitrogen functional groups attached to an aromatic ring is 1. The Morgan fingerprint density at radius 3 is 2.38 bits per heavy atom. The quantitative estimate of drug-likeness (QED) is 0.385. The maximum absolute atomic E-state index is 5.74. The van der Waals surface area contributed by atoms with Gasteiger partial charge in [0.25, 0.3) is 0 Å². The lowest BCUT2D eigenvalue weighted by Gasteiger charge is -2.29. The number of aromatic nitrogens is 2. The molecule has 5 nitrogen and oxygen atoms in total. The molecule has 0 bridgehead atoms. The predicted molar refractivity (Wildman–Crippen MR) is 100 cm³/mol. The van der Waals surface area contributed by atoms with Crippen molar-refractivity contribution in [2.45, 2.75) is 0 Å². The molecule has 2 heterocycles. The zero-order chi connectivity index (χ0) is 14.8. The van der Waals surface area contributed by atoms with E-state index in [9.17, 15) is 0 Å². The molecule has 1 aliphatic rings. The highest BCUT2D eigenvalue weighted by Crippen LogP contribution is 2.28. The van der Waals surface area contributed by atoms with Crippen LogP contribution in [0, 0.1) is 7.27 Å². The minimum Gasteiger partial charge on any atom is -0.399 e. The van der Waals surface area contributed by atoms with Crippen molar-refractivity contribution < 1.29 is 4.74 Å². The Labute approximate surface area is 150 Å². The standard InChI is InChI=1S/C14H14I2N4O/c15-11-12(16)18-13(9-1-3-10(17)4-2-9)19-14(11)20-5-7-21-8-6-20/h1-4H,5-8,17H2. The molecule has 110 valence electrons. The number of nitrogens with zero attached hydrogens (tertiary/aromatic N) is 3. The second-order valence-corrected chi connectivity index (χ2v) is 6.80. The van der Waals surface area contributed by atoms with Crippen molar-refractivity contribution >= 4 is 56.7 Å². The minimum atomic E-state index is 0.737. The first kappa shape index (κ1) is 15.2. The van der Waals surface area contributed by atoms with E-state index in [4.69, 9.17) is 15.5 Å². The highest BCUT2D eigenvalue weighted by atomic mass is 127. The molecule has 1 fully saturated rings. The van der Waals surface area contributed by atoms with Crippen LogP contribution in [0.1, 0.15) is 0 Å². The molecule has 0 amide bonds. The zero-order valence-corrected chi connectivity index (χ0v) is 15.5. The van der Waals surface area contributed by atoms with Crippen molar-refractivity contribution in [1.82, 2.24) is 9.97 Å². The van der Waals surface area contributed by atoms with Gasteiger partial charge in [0.05, 0.1) is 16.8 Å². The van der Waals surface area contributed by atoms with Crippen LogP contribution < -0.4 is 10.6 Å². The van der Waals surface area contributed by atoms with E-state index in [2.05, 4.69) is 55.1 Å². The van der Waals surface area contributed by atoms with Gasteiger partial charge in [0.15, 0.2) is 5.82 Å². The Hall–Kier alpha value is -0.680. The maximum atomic E-state index is 5.74. The van der Waals surface area contributed by atoms with Gasteiger partial charge in [0.1, 0.15) is 9.52 Å². The van der Waals surface area contributed by atoms with Gasteiger partial charge in [-0.15, -0.1) is 0 Å². The lowest BCUT2D eigenvalue weighted by atomic mass is 10.2. The Morgan fingerprint density at radius 2 is 1.71 bits per heavy atom. The van der Waals surface area contributed by atoms with Crippen molar-refractivity contribution in [3.8, 4) is 11.4 Å². The van der Waals surface area contributed by atoms with Gasteiger partial charge in [-0.1, -0.05) is 0 Å². The van der Waals surface area contributed by atoms with Crippen molar-refractivity contribution in [2.24, 2.45) is 0 Å². The maximum Gasteiger partial charge on any atom is 0.162 e. The van der Waals surface area contributed by atoms with Crippen molar-refractivity contribution in [2.75, 3.05) is 36.9 Å². The van der Waals surface area contributed by atoms with Crippen LogP contribution in [0.15, 0.2) is 24.3 Å². The number of nitrogens with two attached hydrogens (primary N) is 1. The molecular weight excluding hydrogens is 494 g/mol. The first-order valence-corrected chi connectivity index (χ1v) is 8.72. The average Bonchev–Trinajstić information content (AvgIpc) is 2.51. The van der Waals surface area contributed by atoms with E-state index >= 15 is 0 Å². The van der Waals surface area contributed by atoms with E-state index in [1.807, 2.05) is 24.3 Å². The van der Waals surface area contributed by atoms with Crippen molar-refractivity contribution in [3.05, 3.63) is 31.5 Å². The third kappa shape index (κ3) is 3.39. The number of hydrogen-bond donors (Lipinski definition) is 1. The fourth-order valence-corrected chi connectivity index (χ4v) is 3.21. The third-order valence-electron chi connectivity index (χ3n) is 3.27. The van der Waals surface area contributed by atoms with E-state index in [1.165, 1.54) is 0 Å². The van der Waals surface area contributed by atoms with E-state index in [0.717, 1.165) is 56.5 Å². The smallest absolute Gasteiger partial charge is 0.162 e. The summed E-state index contributed by atoms with van der Waals surface area (Å²) in [7, 11) is 0. The van der Waals surface area contributed by atoms with Crippen molar-refractivity contribution in [3.63, 3.8) is 0 Å². The van der Waals surface area contributed by atoms with Crippen LogP contribution in [0.3, 0.4) is 0 Å². The van der Waals surface area contributed by atoms with Crippen LogP contribution in [0.4, 0.5) is 11.5 Å². The predicted octanol–water partition coefficient (Wildman–Crippen LogP) is 2.77. The molecule has 0 radical (unpaired) electrons. The molecule has 21 heavy (non-hydrogen) atoms. The fraction of sp³-hybridized carbons (Fsp3) is 0.286. The number of anilines is 2. The van der Waals surface area contributed by atoms with Gasteiger partial charge in [-0.25, -0.2) is 9.97 Å². The van der Waals surface area contributed by atoms with Crippen LogP contribution in [0.25, 0.3) is 11.4 Å². The summed E-state index contributed by atoms with van der Waals surface area (Å²) in [6.07, 6.45) is 0. The highest BCUT2D eigenvalue weighted by molar-refractivity contribution is 14.1. The SMILES string of the molecule is Nc1ccc(-c2nc(I)c(I)c(N3CCOCC3)n2)cc1. The molecule has 1 saturated heterocycles. The van der Waals surface area contributed by atoms with E-state index in [0.29, 0.717) is 0 Å². The van der Waals surface area contributed by atoms with E-state index in [1.54, 1.807) is 0 Å². The molecular formula is C14H14I2N4O. The third-order valence-corrected chi connectivity index (χ3v) is 6.08. The first-order valence-electron chi connectivity index (χ1n) is 6.57. The summed E-state index contributed by atoms with van der Waals surface area (Å²) in [4.78, 5) is 11.6. The second kappa shape index (κ2) is 6.61. The number of morpholine rings is 1. The summed E-state index contributed by atoms with van der Waals surface area (Å²) >= 11 is 4.58.